The number of rotatable bonds is 6. The van der Waals surface area contributed by atoms with E-state index in [2.05, 4.69) is 38.3 Å². The van der Waals surface area contributed by atoms with Gasteiger partial charge in [-0.1, -0.05) is 18.2 Å². The third-order valence-electron chi connectivity index (χ3n) is 3.29. The van der Waals surface area contributed by atoms with Crippen molar-refractivity contribution in [2.75, 3.05) is 32.1 Å². The fourth-order valence-corrected chi connectivity index (χ4v) is 3.56. The number of hydrogen-bond acceptors (Lipinski definition) is 3. The van der Waals surface area contributed by atoms with Crippen molar-refractivity contribution in [3.8, 4) is 0 Å². The molecular weight excluding hydrogens is 362 g/mol. The van der Waals surface area contributed by atoms with Crippen LogP contribution in [0.5, 0.6) is 0 Å². The van der Waals surface area contributed by atoms with Crippen LogP contribution in [-0.2, 0) is 6.54 Å². The van der Waals surface area contributed by atoms with Gasteiger partial charge in [-0.25, -0.2) is 4.79 Å². The van der Waals surface area contributed by atoms with E-state index in [0.29, 0.717) is 13.1 Å². The van der Waals surface area contributed by atoms with Gasteiger partial charge in [0.15, 0.2) is 0 Å². The van der Waals surface area contributed by atoms with E-state index in [4.69, 9.17) is 0 Å². The summed E-state index contributed by atoms with van der Waals surface area (Å²) in [5.41, 5.74) is 1.15. The summed E-state index contributed by atoms with van der Waals surface area (Å²) in [6.45, 7) is 2.01. The SMILES string of the molecule is CN(Cc1ccc(Br)s1)C(=O)NCCN(C)c1ccccc1. The third kappa shape index (κ3) is 5.03. The van der Waals surface area contributed by atoms with Crippen LogP contribution in [0.1, 0.15) is 4.88 Å². The van der Waals surface area contributed by atoms with Gasteiger partial charge in [0.2, 0.25) is 0 Å². The number of amides is 2. The first-order valence-electron chi connectivity index (χ1n) is 7.05. The summed E-state index contributed by atoms with van der Waals surface area (Å²) in [7, 11) is 3.83. The lowest BCUT2D eigenvalue weighted by atomic mass is 10.3. The molecule has 2 amide bonds. The molecule has 0 spiro atoms. The van der Waals surface area contributed by atoms with Crippen molar-refractivity contribution in [3.05, 3.63) is 51.1 Å². The smallest absolute Gasteiger partial charge is 0.317 e. The number of carbonyl (C=O) groups excluding carboxylic acids is 1. The molecule has 0 radical (unpaired) electrons. The third-order valence-corrected chi connectivity index (χ3v) is 4.90. The number of hydrogen-bond donors (Lipinski definition) is 1. The molecule has 1 aromatic carbocycles. The van der Waals surface area contributed by atoms with Crippen LogP contribution in [0.4, 0.5) is 10.5 Å². The van der Waals surface area contributed by atoms with Gasteiger partial charge in [0.05, 0.1) is 10.3 Å². The number of thiophene rings is 1. The van der Waals surface area contributed by atoms with Crippen molar-refractivity contribution in [2.45, 2.75) is 6.54 Å². The molecule has 0 aliphatic heterocycles. The van der Waals surface area contributed by atoms with E-state index < -0.39 is 0 Å². The zero-order valence-electron chi connectivity index (χ0n) is 12.8. The van der Waals surface area contributed by atoms with Crippen molar-refractivity contribution in [1.29, 1.82) is 0 Å². The van der Waals surface area contributed by atoms with Crippen LogP contribution in [0.3, 0.4) is 0 Å². The Morgan fingerprint density at radius 3 is 2.55 bits per heavy atom. The lowest BCUT2D eigenvalue weighted by Crippen LogP contribution is -2.40. The minimum atomic E-state index is -0.0500. The molecule has 1 N–H and O–H groups in total. The van der Waals surface area contributed by atoms with Crippen molar-refractivity contribution >= 4 is 39.0 Å². The second-order valence-electron chi connectivity index (χ2n) is 5.05. The highest BCUT2D eigenvalue weighted by Crippen LogP contribution is 2.22. The van der Waals surface area contributed by atoms with Crippen molar-refractivity contribution in [3.63, 3.8) is 0 Å². The Morgan fingerprint density at radius 2 is 1.91 bits per heavy atom. The number of nitrogens with zero attached hydrogens (tertiary/aromatic N) is 2. The van der Waals surface area contributed by atoms with E-state index in [9.17, 15) is 4.79 Å². The molecule has 2 rings (SSSR count). The number of urea groups is 1. The maximum Gasteiger partial charge on any atom is 0.317 e. The molecule has 0 saturated heterocycles. The largest absolute Gasteiger partial charge is 0.373 e. The van der Waals surface area contributed by atoms with Crippen molar-refractivity contribution < 1.29 is 4.79 Å². The topological polar surface area (TPSA) is 35.6 Å². The summed E-state index contributed by atoms with van der Waals surface area (Å²) in [6, 6.07) is 14.1. The summed E-state index contributed by atoms with van der Waals surface area (Å²) in [5, 5.41) is 2.95. The van der Waals surface area contributed by atoms with E-state index in [1.165, 1.54) is 0 Å². The van der Waals surface area contributed by atoms with E-state index in [1.54, 1.807) is 16.2 Å². The Kier molecular flexibility index (Phi) is 6.27. The van der Waals surface area contributed by atoms with Gasteiger partial charge in [0.1, 0.15) is 0 Å². The number of carbonyl (C=O) groups is 1. The molecule has 0 saturated carbocycles. The molecule has 22 heavy (non-hydrogen) atoms. The number of likely N-dealkylation sites (N-methyl/N-ethyl adjacent to an activating group) is 1. The first kappa shape index (κ1) is 16.8. The fourth-order valence-electron chi connectivity index (χ4n) is 2.02. The first-order chi connectivity index (χ1) is 10.6. The molecule has 0 aliphatic rings. The summed E-state index contributed by atoms with van der Waals surface area (Å²) in [5.74, 6) is 0. The monoisotopic (exact) mass is 381 g/mol. The Bertz CT molecular complexity index is 602. The molecule has 1 heterocycles. The zero-order chi connectivity index (χ0) is 15.9. The van der Waals surface area contributed by atoms with Crippen LogP contribution >= 0.6 is 27.3 Å². The van der Waals surface area contributed by atoms with E-state index in [-0.39, 0.29) is 6.03 Å². The Labute approximate surface area is 143 Å². The van der Waals surface area contributed by atoms with Gasteiger partial charge in [-0.15, -0.1) is 11.3 Å². The number of benzene rings is 1. The van der Waals surface area contributed by atoms with Gasteiger partial charge in [-0.3, -0.25) is 0 Å². The lowest BCUT2D eigenvalue weighted by Gasteiger charge is -2.21. The quantitative estimate of drug-likeness (QED) is 0.825. The molecule has 6 heteroatoms. The Hall–Kier alpha value is -1.53. The number of halogens is 1. The molecule has 0 fully saturated rings. The van der Waals surface area contributed by atoms with Crippen LogP contribution in [0, 0.1) is 0 Å². The molecule has 4 nitrogen and oxygen atoms in total. The van der Waals surface area contributed by atoms with Gasteiger partial charge in [-0.2, -0.15) is 0 Å². The van der Waals surface area contributed by atoms with Gasteiger partial charge < -0.3 is 15.1 Å². The number of para-hydroxylation sites is 1. The highest BCUT2D eigenvalue weighted by molar-refractivity contribution is 9.11. The minimum Gasteiger partial charge on any atom is -0.373 e. The van der Waals surface area contributed by atoms with Gasteiger partial charge in [0, 0.05) is 37.7 Å². The molecular formula is C16H20BrN3OS. The summed E-state index contributed by atoms with van der Waals surface area (Å²) in [6.07, 6.45) is 0. The minimum absolute atomic E-state index is 0.0500. The van der Waals surface area contributed by atoms with Crippen molar-refractivity contribution in [2.24, 2.45) is 0 Å². The summed E-state index contributed by atoms with van der Waals surface area (Å²) < 4.78 is 1.08. The van der Waals surface area contributed by atoms with Crippen LogP contribution < -0.4 is 10.2 Å². The highest BCUT2D eigenvalue weighted by Gasteiger charge is 2.10. The van der Waals surface area contributed by atoms with Gasteiger partial charge in [0.25, 0.3) is 0 Å². The van der Waals surface area contributed by atoms with Gasteiger partial charge in [-0.05, 0) is 40.2 Å². The van der Waals surface area contributed by atoms with Gasteiger partial charge >= 0.3 is 6.03 Å². The first-order valence-corrected chi connectivity index (χ1v) is 8.66. The highest BCUT2D eigenvalue weighted by atomic mass is 79.9. The second-order valence-corrected chi connectivity index (χ2v) is 7.60. The molecule has 0 bridgehead atoms. The maximum atomic E-state index is 12.1. The molecule has 2 aromatic rings. The van der Waals surface area contributed by atoms with Crippen LogP contribution in [-0.4, -0.2) is 38.1 Å². The Balaban J connectivity index is 1.73. The van der Waals surface area contributed by atoms with E-state index in [1.807, 2.05) is 44.4 Å². The van der Waals surface area contributed by atoms with E-state index in [0.717, 1.165) is 20.9 Å². The molecule has 0 unspecified atom stereocenters. The predicted octanol–water partition coefficient (Wildman–Crippen LogP) is 3.79. The standard InChI is InChI=1S/C16H20BrN3OS/c1-19(13-6-4-3-5-7-13)11-10-18-16(21)20(2)12-14-8-9-15(17)22-14/h3-9H,10-12H2,1-2H3,(H,18,21). The normalized spacial score (nSPS) is 10.3. The zero-order valence-corrected chi connectivity index (χ0v) is 15.2. The van der Waals surface area contributed by atoms with E-state index >= 15 is 0 Å². The number of nitrogens with one attached hydrogen (secondary N) is 1. The van der Waals surface area contributed by atoms with Crippen LogP contribution in [0.15, 0.2) is 46.3 Å². The second kappa shape index (κ2) is 8.19. The molecule has 1 aromatic heterocycles. The predicted molar refractivity (Wildman–Crippen MR) is 96.6 cm³/mol. The lowest BCUT2D eigenvalue weighted by molar-refractivity contribution is 0.207. The summed E-state index contributed by atoms with van der Waals surface area (Å²) >= 11 is 5.08. The fraction of sp³-hybridized carbons (Fsp3) is 0.312. The van der Waals surface area contributed by atoms with Crippen LogP contribution in [0.25, 0.3) is 0 Å². The summed E-state index contributed by atoms with van der Waals surface area (Å²) in [4.78, 5) is 17.0. The average molecular weight is 382 g/mol. The molecule has 0 aliphatic carbocycles. The maximum absolute atomic E-state index is 12.1. The molecule has 118 valence electrons. The van der Waals surface area contributed by atoms with Crippen molar-refractivity contribution in [1.82, 2.24) is 10.2 Å². The molecule has 0 atom stereocenters. The average Bonchev–Trinajstić information content (AvgIpc) is 2.93. The van der Waals surface area contributed by atoms with Crippen LogP contribution in [0.2, 0.25) is 0 Å². The number of anilines is 1. The Morgan fingerprint density at radius 1 is 1.18 bits per heavy atom.